The normalized spacial score (nSPS) is 10.2. The van der Waals surface area contributed by atoms with Crippen LogP contribution in [0, 0.1) is 6.92 Å². The third kappa shape index (κ3) is 3.50. The van der Waals surface area contributed by atoms with Gasteiger partial charge in [0.1, 0.15) is 12.4 Å². The summed E-state index contributed by atoms with van der Waals surface area (Å²) in [5.74, 6) is 0.529. The summed E-state index contributed by atoms with van der Waals surface area (Å²) in [5, 5.41) is 10.9. The molecule has 116 valence electrons. The van der Waals surface area contributed by atoms with Gasteiger partial charge in [-0.1, -0.05) is 35.9 Å². The average Bonchev–Trinajstić information content (AvgIpc) is 2.53. The van der Waals surface area contributed by atoms with Crippen molar-refractivity contribution in [3.05, 3.63) is 58.6 Å². The number of carbonyl (C=O) groups is 1. The fourth-order valence-corrected chi connectivity index (χ4v) is 2.16. The van der Waals surface area contributed by atoms with Crippen LogP contribution in [-0.4, -0.2) is 18.4 Å². The van der Waals surface area contributed by atoms with Crippen LogP contribution < -0.4 is 9.80 Å². The van der Waals surface area contributed by atoms with Crippen molar-refractivity contribution in [2.75, 3.05) is 12.2 Å². The molecule has 0 spiro atoms. The number of aryl methyl sites for hydroxylation is 1. The minimum atomic E-state index is -0.871. The number of ether oxygens (including phenoxy) is 2. The van der Waals surface area contributed by atoms with Crippen molar-refractivity contribution in [3.8, 4) is 5.75 Å². The van der Waals surface area contributed by atoms with Gasteiger partial charge in [0, 0.05) is 5.56 Å². The van der Waals surface area contributed by atoms with Gasteiger partial charge in [0.05, 0.1) is 17.8 Å². The summed E-state index contributed by atoms with van der Waals surface area (Å²) in [7, 11) is 1.20. The summed E-state index contributed by atoms with van der Waals surface area (Å²) in [5.41, 5.74) is 1.83. The summed E-state index contributed by atoms with van der Waals surface area (Å²) in [6.07, 6.45) is -0.871. The van der Waals surface area contributed by atoms with Gasteiger partial charge in [0.2, 0.25) is 0 Å². The van der Waals surface area contributed by atoms with E-state index >= 15 is 0 Å². The highest BCUT2D eigenvalue weighted by molar-refractivity contribution is 6.32. The van der Waals surface area contributed by atoms with Crippen molar-refractivity contribution in [1.82, 2.24) is 0 Å². The van der Waals surface area contributed by atoms with Crippen molar-refractivity contribution >= 4 is 23.4 Å². The van der Waals surface area contributed by atoms with Crippen molar-refractivity contribution in [3.63, 3.8) is 0 Å². The van der Waals surface area contributed by atoms with E-state index in [1.165, 1.54) is 7.11 Å². The average molecular weight is 322 g/mol. The van der Waals surface area contributed by atoms with E-state index in [9.17, 15) is 10.0 Å². The second-order valence-corrected chi connectivity index (χ2v) is 4.98. The molecule has 0 aromatic heterocycles. The minimum Gasteiger partial charge on any atom is -0.487 e. The molecular formula is C16H16ClNO4. The first-order chi connectivity index (χ1) is 10.5. The first kappa shape index (κ1) is 16.1. The zero-order valence-corrected chi connectivity index (χ0v) is 13.0. The molecule has 0 fully saturated rings. The number of halogens is 1. The number of anilines is 1. The summed E-state index contributed by atoms with van der Waals surface area (Å²) < 4.78 is 10.2. The molecule has 0 aliphatic carbocycles. The molecule has 0 unspecified atom stereocenters. The predicted molar refractivity (Wildman–Crippen MR) is 83.6 cm³/mol. The molecule has 0 atom stereocenters. The van der Waals surface area contributed by atoms with Crippen LogP contribution in [0.25, 0.3) is 0 Å². The Morgan fingerprint density at radius 2 is 1.95 bits per heavy atom. The van der Waals surface area contributed by atoms with Gasteiger partial charge in [-0.05, 0) is 30.7 Å². The maximum atomic E-state index is 11.5. The predicted octanol–water partition coefficient (Wildman–Crippen LogP) is 4.19. The Bertz CT molecular complexity index is 675. The number of methoxy groups -OCH3 is 1. The van der Waals surface area contributed by atoms with E-state index in [1.54, 1.807) is 30.3 Å². The molecule has 0 bridgehead atoms. The van der Waals surface area contributed by atoms with Crippen LogP contribution in [0.4, 0.5) is 10.5 Å². The number of amides is 1. The Balaban J connectivity index is 2.27. The van der Waals surface area contributed by atoms with E-state index in [0.29, 0.717) is 27.1 Å². The first-order valence-corrected chi connectivity index (χ1v) is 6.95. The topological polar surface area (TPSA) is 59.0 Å². The smallest absolute Gasteiger partial charge is 0.438 e. The van der Waals surface area contributed by atoms with Crippen LogP contribution in [0.15, 0.2) is 42.5 Å². The number of rotatable bonds is 4. The summed E-state index contributed by atoms with van der Waals surface area (Å²) >= 11 is 6.05. The standard InChI is InChI=1S/C16H16ClNO4/c1-11-6-5-8-14(18(20)16(19)21-2)12(11)10-22-15-9-4-3-7-13(15)17/h3-9,20H,10H2,1-2H3. The second kappa shape index (κ2) is 7.15. The maximum absolute atomic E-state index is 11.5. The van der Waals surface area contributed by atoms with E-state index in [4.69, 9.17) is 16.3 Å². The molecule has 1 N–H and O–H groups in total. The number of hydrogen-bond acceptors (Lipinski definition) is 4. The molecule has 0 aliphatic heterocycles. The lowest BCUT2D eigenvalue weighted by molar-refractivity contribution is 0.140. The van der Waals surface area contributed by atoms with Gasteiger partial charge in [-0.25, -0.2) is 4.79 Å². The van der Waals surface area contributed by atoms with Gasteiger partial charge in [0.15, 0.2) is 0 Å². The molecule has 0 saturated heterocycles. The molecule has 22 heavy (non-hydrogen) atoms. The molecule has 0 saturated carbocycles. The zero-order chi connectivity index (χ0) is 16.1. The number of benzene rings is 2. The highest BCUT2D eigenvalue weighted by atomic mass is 35.5. The Morgan fingerprint density at radius 3 is 2.64 bits per heavy atom. The van der Waals surface area contributed by atoms with Gasteiger partial charge in [-0.3, -0.25) is 5.21 Å². The lowest BCUT2D eigenvalue weighted by Gasteiger charge is -2.19. The zero-order valence-electron chi connectivity index (χ0n) is 12.2. The molecular weight excluding hydrogens is 306 g/mol. The summed E-state index contributed by atoms with van der Waals surface area (Å²) in [6, 6.07) is 12.3. The number of nitrogens with zero attached hydrogens (tertiary/aromatic N) is 1. The molecule has 5 nitrogen and oxygen atoms in total. The van der Waals surface area contributed by atoms with Crippen LogP contribution in [-0.2, 0) is 11.3 Å². The van der Waals surface area contributed by atoms with E-state index < -0.39 is 6.09 Å². The molecule has 6 heteroatoms. The van der Waals surface area contributed by atoms with Crippen LogP contribution >= 0.6 is 11.6 Å². The van der Waals surface area contributed by atoms with Gasteiger partial charge in [-0.2, -0.15) is 5.06 Å². The molecule has 2 aromatic carbocycles. The maximum Gasteiger partial charge on any atom is 0.438 e. The fourth-order valence-electron chi connectivity index (χ4n) is 1.97. The van der Waals surface area contributed by atoms with Crippen LogP contribution in [0.1, 0.15) is 11.1 Å². The van der Waals surface area contributed by atoms with E-state index in [2.05, 4.69) is 4.74 Å². The van der Waals surface area contributed by atoms with Crippen molar-refractivity contribution in [2.45, 2.75) is 13.5 Å². The van der Waals surface area contributed by atoms with Crippen LogP contribution in [0.5, 0.6) is 5.75 Å². The number of para-hydroxylation sites is 1. The molecule has 1 amide bonds. The number of hydroxylamine groups is 1. The van der Waals surface area contributed by atoms with Gasteiger partial charge < -0.3 is 9.47 Å². The molecule has 2 rings (SSSR count). The number of hydrogen-bond donors (Lipinski definition) is 1. The fraction of sp³-hybridized carbons (Fsp3) is 0.188. The van der Waals surface area contributed by atoms with Gasteiger partial charge >= 0.3 is 6.09 Å². The first-order valence-electron chi connectivity index (χ1n) is 6.57. The van der Waals surface area contributed by atoms with E-state index in [0.717, 1.165) is 5.56 Å². The largest absolute Gasteiger partial charge is 0.487 e. The van der Waals surface area contributed by atoms with E-state index in [-0.39, 0.29) is 6.61 Å². The van der Waals surface area contributed by atoms with Crippen molar-refractivity contribution in [1.29, 1.82) is 0 Å². The van der Waals surface area contributed by atoms with Crippen LogP contribution in [0.2, 0.25) is 5.02 Å². The van der Waals surface area contributed by atoms with Gasteiger partial charge in [-0.15, -0.1) is 0 Å². The van der Waals surface area contributed by atoms with Crippen LogP contribution in [0.3, 0.4) is 0 Å². The quantitative estimate of drug-likeness (QED) is 0.677. The molecule has 0 radical (unpaired) electrons. The van der Waals surface area contributed by atoms with E-state index in [1.807, 2.05) is 19.1 Å². The summed E-state index contributed by atoms with van der Waals surface area (Å²) in [4.78, 5) is 11.5. The minimum absolute atomic E-state index is 0.153. The number of carbonyl (C=O) groups excluding carboxylic acids is 1. The van der Waals surface area contributed by atoms with Crippen molar-refractivity contribution < 1.29 is 19.5 Å². The third-order valence-corrected chi connectivity index (χ3v) is 3.48. The van der Waals surface area contributed by atoms with Gasteiger partial charge in [0.25, 0.3) is 0 Å². The Hall–Kier alpha value is -2.24. The molecule has 2 aromatic rings. The highest BCUT2D eigenvalue weighted by Crippen LogP contribution is 2.28. The SMILES string of the molecule is COC(=O)N(O)c1cccc(C)c1COc1ccccc1Cl. The Kier molecular flexibility index (Phi) is 5.25. The molecule has 0 heterocycles. The highest BCUT2D eigenvalue weighted by Gasteiger charge is 2.18. The second-order valence-electron chi connectivity index (χ2n) is 4.57. The Labute approximate surface area is 133 Å². The van der Waals surface area contributed by atoms with Crippen molar-refractivity contribution in [2.24, 2.45) is 0 Å². The Morgan fingerprint density at radius 1 is 1.23 bits per heavy atom. The lowest BCUT2D eigenvalue weighted by Crippen LogP contribution is -2.28. The monoisotopic (exact) mass is 321 g/mol. The molecule has 0 aliphatic rings. The summed E-state index contributed by atoms with van der Waals surface area (Å²) in [6.45, 7) is 2.01. The lowest BCUT2D eigenvalue weighted by atomic mass is 10.1. The third-order valence-electron chi connectivity index (χ3n) is 3.17.